The van der Waals surface area contributed by atoms with E-state index in [1.54, 1.807) is 6.07 Å². The first-order valence-corrected chi connectivity index (χ1v) is 14.3. The molecular formula is C24H30ClF4N5O2S. The molecule has 1 aromatic heterocycles. The highest BCUT2D eigenvalue weighted by Gasteiger charge is 2.34. The molecule has 0 bridgehead atoms. The fourth-order valence-corrected chi connectivity index (χ4v) is 5.97. The lowest BCUT2D eigenvalue weighted by molar-refractivity contribution is -0.137. The summed E-state index contributed by atoms with van der Waals surface area (Å²) in [6.45, 7) is 6.13. The molecule has 0 spiro atoms. The van der Waals surface area contributed by atoms with Gasteiger partial charge in [-0.1, -0.05) is 17.7 Å². The van der Waals surface area contributed by atoms with Gasteiger partial charge in [0.05, 0.1) is 28.7 Å². The van der Waals surface area contributed by atoms with Gasteiger partial charge in [0.15, 0.2) is 0 Å². The summed E-state index contributed by atoms with van der Waals surface area (Å²) < 4.78 is 77.9. The molecule has 0 radical (unpaired) electrons. The second-order valence-electron chi connectivity index (χ2n) is 9.75. The highest BCUT2D eigenvalue weighted by Crippen LogP contribution is 2.32. The molecule has 2 aliphatic heterocycles. The van der Waals surface area contributed by atoms with Crippen molar-refractivity contribution < 1.29 is 26.0 Å². The first-order valence-electron chi connectivity index (χ1n) is 12.0. The van der Waals surface area contributed by atoms with Crippen molar-refractivity contribution in [3.8, 4) is 0 Å². The quantitative estimate of drug-likeness (QED) is 0.524. The Labute approximate surface area is 219 Å². The third-order valence-electron chi connectivity index (χ3n) is 6.90. The number of halogens is 5. The molecule has 1 aromatic carbocycles. The molecule has 3 heterocycles. The van der Waals surface area contributed by atoms with E-state index in [9.17, 15) is 26.0 Å². The fourth-order valence-electron chi connectivity index (χ4n) is 5.14. The second-order valence-corrected chi connectivity index (χ2v) is 11.9. The highest BCUT2D eigenvalue weighted by molar-refractivity contribution is 7.92. The highest BCUT2D eigenvalue weighted by atomic mass is 35.5. The third-order valence-corrected chi connectivity index (χ3v) is 7.79. The maximum atomic E-state index is 14.3. The van der Waals surface area contributed by atoms with Gasteiger partial charge in [0, 0.05) is 43.8 Å². The molecular weight excluding hydrogens is 534 g/mol. The van der Waals surface area contributed by atoms with Crippen LogP contribution in [0.4, 0.5) is 29.1 Å². The van der Waals surface area contributed by atoms with Crippen LogP contribution in [0, 0.1) is 5.82 Å². The monoisotopic (exact) mass is 563 g/mol. The zero-order valence-electron chi connectivity index (χ0n) is 20.6. The largest absolute Gasteiger partial charge is 0.416 e. The van der Waals surface area contributed by atoms with Gasteiger partial charge in [0.2, 0.25) is 10.0 Å². The first kappa shape index (κ1) is 27.9. The van der Waals surface area contributed by atoms with Crippen LogP contribution in [0.2, 0.25) is 5.02 Å². The Hall–Kier alpha value is -2.15. The number of anilines is 2. The standard InChI is InChI=1S/C24H30ClF4N5O2S/c1-16-14-33(23-21(25)12-19(13-30-23)31-37(2,35)36)9-10-34(16)20-5-7-32(8-6-20)15-17-3-4-18(11-22(17)26)24(27,28)29/h3-4,11-13,16,20,31H,5-10,14-15H2,1-2H3/t16-/m0/s1. The minimum Gasteiger partial charge on any atom is -0.353 e. The maximum absolute atomic E-state index is 14.3. The number of hydrogen-bond acceptors (Lipinski definition) is 6. The van der Waals surface area contributed by atoms with Crippen molar-refractivity contribution in [1.29, 1.82) is 0 Å². The van der Waals surface area contributed by atoms with Crippen molar-refractivity contribution in [1.82, 2.24) is 14.8 Å². The van der Waals surface area contributed by atoms with Gasteiger partial charge in [-0.05, 0) is 51.1 Å². The van der Waals surface area contributed by atoms with E-state index in [0.717, 1.165) is 44.8 Å². The Morgan fingerprint density at radius 3 is 2.41 bits per heavy atom. The van der Waals surface area contributed by atoms with Crippen molar-refractivity contribution in [3.63, 3.8) is 0 Å². The fraction of sp³-hybridized carbons (Fsp3) is 0.542. The van der Waals surface area contributed by atoms with E-state index in [2.05, 4.69) is 31.3 Å². The first-order chi connectivity index (χ1) is 17.3. The molecule has 2 aliphatic rings. The van der Waals surface area contributed by atoms with E-state index < -0.39 is 27.6 Å². The molecule has 204 valence electrons. The number of rotatable bonds is 6. The van der Waals surface area contributed by atoms with Crippen LogP contribution in [0.5, 0.6) is 0 Å². The average Bonchev–Trinajstić information content (AvgIpc) is 2.79. The van der Waals surface area contributed by atoms with E-state index in [-0.39, 0.29) is 18.2 Å². The van der Waals surface area contributed by atoms with Crippen LogP contribution >= 0.6 is 11.6 Å². The van der Waals surface area contributed by atoms with Gasteiger partial charge in [-0.15, -0.1) is 0 Å². The minimum atomic E-state index is -4.56. The number of hydrogen-bond donors (Lipinski definition) is 1. The summed E-state index contributed by atoms with van der Waals surface area (Å²) in [5.41, 5.74) is -0.389. The molecule has 2 saturated heterocycles. The maximum Gasteiger partial charge on any atom is 0.416 e. The number of aromatic nitrogens is 1. The van der Waals surface area contributed by atoms with Crippen molar-refractivity contribution in [2.45, 2.75) is 44.6 Å². The van der Waals surface area contributed by atoms with Crippen LogP contribution in [-0.2, 0) is 22.7 Å². The van der Waals surface area contributed by atoms with Crippen LogP contribution in [0.25, 0.3) is 0 Å². The van der Waals surface area contributed by atoms with Crippen molar-refractivity contribution in [3.05, 3.63) is 52.4 Å². The number of sulfonamides is 1. The summed E-state index contributed by atoms with van der Waals surface area (Å²) in [4.78, 5) is 11.0. The topological polar surface area (TPSA) is 68.8 Å². The number of nitrogens with one attached hydrogen (secondary N) is 1. The van der Waals surface area contributed by atoms with Gasteiger partial charge < -0.3 is 4.90 Å². The predicted molar refractivity (Wildman–Crippen MR) is 136 cm³/mol. The Bertz CT molecular complexity index is 1220. The molecule has 0 saturated carbocycles. The summed E-state index contributed by atoms with van der Waals surface area (Å²) >= 11 is 6.41. The lowest BCUT2D eigenvalue weighted by atomic mass is 9.99. The van der Waals surface area contributed by atoms with Crippen LogP contribution in [0.3, 0.4) is 0 Å². The van der Waals surface area contributed by atoms with Gasteiger partial charge in [0.25, 0.3) is 0 Å². The van der Waals surface area contributed by atoms with Crippen LogP contribution < -0.4 is 9.62 Å². The van der Waals surface area contributed by atoms with Crippen molar-refractivity contribution in [2.24, 2.45) is 0 Å². The molecule has 0 amide bonds. The smallest absolute Gasteiger partial charge is 0.353 e. The molecule has 37 heavy (non-hydrogen) atoms. The second kappa shape index (κ2) is 10.9. The number of piperidine rings is 1. The number of nitrogens with zero attached hydrogens (tertiary/aromatic N) is 4. The number of alkyl halides is 3. The summed E-state index contributed by atoms with van der Waals surface area (Å²) in [5.74, 6) is -0.213. The number of piperazine rings is 1. The van der Waals surface area contributed by atoms with E-state index in [1.165, 1.54) is 12.3 Å². The SMILES string of the molecule is C[C@H]1CN(c2ncc(NS(C)(=O)=O)cc2Cl)CCN1C1CCN(Cc2ccc(C(F)(F)F)cc2F)CC1. The third kappa shape index (κ3) is 7.04. The lowest BCUT2D eigenvalue weighted by Gasteiger charge is -2.47. The Kier molecular flexibility index (Phi) is 8.22. The zero-order chi connectivity index (χ0) is 27.0. The van der Waals surface area contributed by atoms with Crippen LogP contribution in [0.15, 0.2) is 30.5 Å². The van der Waals surface area contributed by atoms with Crippen molar-refractivity contribution >= 4 is 33.1 Å². The van der Waals surface area contributed by atoms with E-state index in [4.69, 9.17) is 11.6 Å². The molecule has 1 atom stereocenters. The molecule has 2 fully saturated rings. The lowest BCUT2D eigenvalue weighted by Crippen LogP contribution is -2.57. The number of benzene rings is 1. The van der Waals surface area contributed by atoms with Crippen LogP contribution in [-0.4, -0.2) is 74.3 Å². The van der Waals surface area contributed by atoms with Gasteiger partial charge in [-0.2, -0.15) is 13.2 Å². The summed E-state index contributed by atoms with van der Waals surface area (Å²) in [5, 5.41) is 0.373. The summed E-state index contributed by atoms with van der Waals surface area (Å²) in [6, 6.07) is 4.87. The average molecular weight is 564 g/mol. The van der Waals surface area contributed by atoms with Gasteiger partial charge >= 0.3 is 6.18 Å². The van der Waals surface area contributed by atoms with Gasteiger partial charge in [-0.25, -0.2) is 17.8 Å². The van der Waals surface area contributed by atoms with E-state index in [1.807, 2.05) is 0 Å². The summed E-state index contributed by atoms with van der Waals surface area (Å²) in [7, 11) is -3.42. The normalized spacial score (nSPS) is 20.8. The number of likely N-dealkylation sites (tertiary alicyclic amines) is 1. The van der Waals surface area contributed by atoms with Gasteiger partial charge in [0.1, 0.15) is 11.6 Å². The molecule has 13 heteroatoms. The molecule has 1 N–H and O–H groups in total. The summed E-state index contributed by atoms with van der Waals surface area (Å²) in [6.07, 6.45) is -0.268. The Morgan fingerprint density at radius 1 is 1.14 bits per heavy atom. The molecule has 0 aliphatic carbocycles. The van der Waals surface area contributed by atoms with Crippen LogP contribution in [0.1, 0.15) is 30.9 Å². The molecule has 2 aromatic rings. The van der Waals surface area contributed by atoms with E-state index >= 15 is 0 Å². The van der Waals surface area contributed by atoms with Crippen molar-refractivity contribution in [2.75, 3.05) is 48.6 Å². The minimum absolute atomic E-state index is 0.226. The molecule has 7 nitrogen and oxygen atoms in total. The van der Waals surface area contributed by atoms with E-state index in [0.29, 0.717) is 41.7 Å². The Balaban J connectivity index is 1.30. The molecule has 4 rings (SSSR count). The molecule has 0 unspecified atom stereocenters. The number of pyridine rings is 1. The predicted octanol–water partition coefficient (Wildman–Crippen LogP) is 4.44. The zero-order valence-corrected chi connectivity index (χ0v) is 22.2. The van der Waals surface area contributed by atoms with Gasteiger partial charge in [-0.3, -0.25) is 14.5 Å². The Morgan fingerprint density at radius 2 is 1.84 bits per heavy atom.